The SMILES string of the molecule is Cn1cnc2c(F)c(Nc3ccc(Br)cc3Cl)c(C(=O)NCc3ccc(N)cc3)cc21. The number of rotatable bonds is 5. The van der Waals surface area contributed by atoms with Gasteiger partial charge in [0.2, 0.25) is 0 Å². The molecular weight excluding hydrogens is 485 g/mol. The van der Waals surface area contributed by atoms with Crippen LogP contribution >= 0.6 is 27.5 Å². The molecule has 0 atom stereocenters. The van der Waals surface area contributed by atoms with E-state index in [0.717, 1.165) is 10.0 Å². The summed E-state index contributed by atoms with van der Waals surface area (Å²) in [5, 5.41) is 6.18. The Hall–Kier alpha value is -3.10. The number of aromatic nitrogens is 2. The van der Waals surface area contributed by atoms with Crippen molar-refractivity contribution in [1.82, 2.24) is 14.9 Å². The Morgan fingerprint density at radius 2 is 1.97 bits per heavy atom. The molecule has 0 aliphatic heterocycles. The van der Waals surface area contributed by atoms with Crippen LogP contribution in [-0.4, -0.2) is 15.5 Å². The first-order chi connectivity index (χ1) is 14.8. The zero-order valence-electron chi connectivity index (χ0n) is 16.4. The molecule has 0 unspecified atom stereocenters. The monoisotopic (exact) mass is 501 g/mol. The van der Waals surface area contributed by atoms with Gasteiger partial charge in [-0.05, 0) is 42.0 Å². The largest absolute Gasteiger partial charge is 0.399 e. The van der Waals surface area contributed by atoms with Crippen LogP contribution in [0.5, 0.6) is 0 Å². The molecule has 0 radical (unpaired) electrons. The number of imidazole rings is 1. The third-order valence-electron chi connectivity index (χ3n) is 4.83. The summed E-state index contributed by atoms with van der Waals surface area (Å²) in [6.07, 6.45) is 1.50. The highest BCUT2D eigenvalue weighted by molar-refractivity contribution is 9.10. The molecule has 0 fully saturated rings. The molecule has 0 saturated heterocycles. The second-order valence-corrected chi connectivity index (χ2v) is 8.33. The van der Waals surface area contributed by atoms with Gasteiger partial charge in [0.25, 0.3) is 5.91 Å². The summed E-state index contributed by atoms with van der Waals surface area (Å²) in [6, 6.07) is 13.9. The van der Waals surface area contributed by atoms with Gasteiger partial charge >= 0.3 is 0 Å². The quantitative estimate of drug-likeness (QED) is 0.320. The van der Waals surface area contributed by atoms with Gasteiger partial charge in [-0.1, -0.05) is 39.7 Å². The lowest BCUT2D eigenvalue weighted by Crippen LogP contribution is -2.24. The lowest BCUT2D eigenvalue weighted by atomic mass is 10.1. The molecular formula is C22H18BrClFN5O. The van der Waals surface area contributed by atoms with Gasteiger partial charge in [0.1, 0.15) is 5.52 Å². The minimum Gasteiger partial charge on any atom is -0.399 e. The molecule has 3 aromatic carbocycles. The van der Waals surface area contributed by atoms with Crippen LogP contribution < -0.4 is 16.4 Å². The van der Waals surface area contributed by atoms with Crippen molar-refractivity contribution in [3.63, 3.8) is 0 Å². The number of aryl methyl sites for hydroxylation is 1. The third-order valence-corrected chi connectivity index (χ3v) is 5.63. The van der Waals surface area contributed by atoms with Crippen LogP contribution in [0.1, 0.15) is 15.9 Å². The summed E-state index contributed by atoms with van der Waals surface area (Å²) in [5.74, 6) is -1.07. The lowest BCUT2D eigenvalue weighted by Gasteiger charge is -2.15. The van der Waals surface area contributed by atoms with Crippen LogP contribution in [0.15, 0.2) is 59.3 Å². The van der Waals surface area contributed by atoms with Crippen molar-refractivity contribution in [2.45, 2.75) is 6.54 Å². The number of hydrogen-bond donors (Lipinski definition) is 3. The van der Waals surface area contributed by atoms with E-state index in [4.69, 9.17) is 17.3 Å². The molecule has 9 heteroatoms. The summed E-state index contributed by atoms with van der Waals surface area (Å²) in [4.78, 5) is 17.2. The summed E-state index contributed by atoms with van der Waals surface area (Å²) < 4.78 is 17.9. The van der Waals surface area contributed by atoms with Crippen LogP contribution in [0.4, 0.5) is 21.5 Å². The van der Waals surface area contributed by atoms with E-state index in [1.807, 2.05) is 12.1 Å². The molecule has 4 rings (SSSR count). The van der Waals surface area contributed by atoms with Crippen molar-refractivity contribution in [1.29, 1.82) is 0 Å². The number of nitrogen functional groups attached to an aromatic ring is 1. The van der Waals surface area contributed by atoms with Gasteiger partial charge in [0.05, 0.1) is 33.8 Å². The number of nitrogens with two attached hydrogens (primary N) is 1. The molecule has 0 spiro atoms. The van der Waals surface area contributed by atoms with Gasteiger partial charge < -0.3 is 20.9 Å². The zero-order chi connectivity index (χ0) is 22.1. The number of benzene rings is 3. The van der Waals surface area contributed by atoms with Crippen LogP contribution in [-0.2, 0) is 13.6 Å². The second kappa shape index (κ2) is 8.56. The van der Waals surface area contributed by atoms with Crippen molar-refractivity contribution in [2.24, 2.45) is 7.05 Å². The van der Waals surface area contributed by atoms with Gasteiger partial charge in [-0.25, -0.2) is 9.37 Å². The number of nitrogens with zero attached hydrogens (tertiary/aromatic N) is 2. The van der Waals surface area contributed by atoms with Crippen molar-refractivity contribution in [3.05, 3.63) is 81.3 Å². The summed E-state index contributed by atoms with van der Waals surface area (Å²) >= 11 is 9.64. The van der Waals surface area contributed by atoms with Crippen LogP contribution in [0.2, 0.25) is 5.02 Å². The average molecular weight is 503 g/mol. The van der Waals surface area contributed by atoms with E-state index in [1.54, 1.807) is 48.0 Å². The molecule has 1 aromatic heterocycles. The van der Waals surface area contributed by atoms with Crippen LogP contribution in [0, 0.1) is 5.82 Å². The van der Waals surface area contributed by atoms with Crippen molar-refractivity contribution < 1.29 is 9.18 Å². The Bertz CT molecular complexity index is 1290. The van der Waals surface area contributed by atoms with Gasteiger partial charge in [0, 0.05) is 23.8 Å². The molecule has 0 saturated carbocycles. The van der Waals surface area contributed by atoms with Gasteiger partial charge in [0.15, 0.2) is 5.82 Å². The van der Waals surface area contributed by atoms with E-state index in [2.05, 4.69) is 31.5 Å². The van der Waals surface area contributed by atoms with Crippen molar-refractivity contribution in [3.8, 4) is 0 Å². The number of halogens is 3. The number of amides is 1. The van der Waals surface area contributed by atoms with E-state index in [9.17, 15) is 4.79 Å². The Morgan fingerprint density at radius 1 is 1.23 bits per heavy atom. The fourth-order valence-electron chi connectivity index (χ4n) is 3.16. The Balaban J connectivity index is 1.72. The Kier molecular flexibility index (Phi) is 5.84. The van der Waals surface area contributed by atoms with Crippen molar-refractivity contribution in [2.75, 3.05) is 11.1 Å². The maximum absolute atomic E-state index is 15.4. The topological polar surface area (TPSA) is 85.0 Å². The van der Waals surface area contributed by atoms with E-state index < -0.39 is 11.7 Å². The first-order valence-electron chi connectivity index (χ1n) is 9.31. The summed E-state index contributed by atoms with van der Waals surface area (Å²) in [6.45, 7) is 0.267. The fraction of sp³-hybridized carbons (Fsp3) is 0.0909. The highest BCUT2D eigenvalue weighted by Gasteiger charge is 2.22. The maximum Gasteiger partial charge on any atom is 0.253 e. The Morgan fingerprint density at radius 3 is 2.68 bits per heavy atom. The number of anilines is 3. The van der Waals surface area contributed by atoms with Gasteiger partial charge in [-0.15, -0.1) is 0 Å². The fourth-order valence-corrected chi connectivity index (χ4v) is 3.89. The summed E-state index contributed by atoms with van der Waals surface area (Å²) in [5.41, 5.74) is 8.48. The molecule has 4 N–H and O–H groups in total. The third kappa shape index (κ3) is 4.35. The lowest BCUT2D eigenvalue weighted by molar-refractivity contribution is 0.0951. The molecule has 0 bridgehead atoms. The molecule has 1 heterocycles. The molecule has 6 nitrogen and oxygen atoms in total. The van der Waals surface area contributed by atoms with E-state index in [1.165, 1.54) is 6.33 Å². The number of fused-ring (bicyclic) bond motifs is 1. The predicted molar refractivity (Wildman–Crippen MR) is 125 cm³/mol. The maximum atomic E-state index is 15.4. The number of carbonyl (C=O) groups is 1. The minimum absolute atomic E-state index is 0.00484. The zero-order valence-corrected chi connectivity index (χ0v) is 18.8. The van der Waals surface area contributed by atoms with Gasteiger partial charge in [-0.3, -0.25) is 4.79 Å². The number of carbonyl (C=O) groups excluding carboxylic acids is 1. The molecule has 0 aliphatic carbocycles. The van der Waals surface area contributed by atoms with Crippen LogP contribution in [0.25, 0.3) is 11.0 Å². The second-order valence-electron chi connectivity index (χ2n) is 7.01. The highest BCUT2D eigenvalue weighted by Crippen LogP contribution is 2.34. The van der Waals surface area contributed by atoms with E-state index >= 15 is 4.39 Å². The first kappa shape index (κ1) is 21.1. The van der Waals surface area contributed by atoms with E-state index in [0.29, 0.717) is 21.9 Å². The predicted octanol–water partition coefficient (Wildman–Crippen LogP) is 5.38. The Labute approximate surface area is 191 Å². The summed E-state index contributed by atoms with van der Waals surface area (Å²) in [7, 11) is 1.74. The normalized spacial score (nSPS) is 11.0. The molecule has 1 amide bonds. The van der Waals surface area contributed by atoms with E-state index in [-0.39, 0.29) is 23.3 Å². The van der Waals surface area contributed by atoms with Crippen molar-refractivity contribution >= 4 is 61.5 Å². The van der Waals surface area contributed by atoms with Crippen LogP contribution in [0.3, 0.4) is 0 Å². The average Bonchev–Trinajstić information content (AvgIpc) is 3.12. The molecule has 158 valence electrons. The molecule has 0 aliphatic rings. The van der Waals surface area contributed by atoms with Gasteiger partial charge in [-0.2, -0.15) is 0 Å². The smallest absolute Gasteiger partial charge is 0.253 e. The molecule has 31 heavy (non-hydrogen) atoms. The standard InChI is InChI=1S/C22H18BrClFN5O/c1-30-11-28-21-18(30)9-15(22(31)27-10-12-2-5-14(26)6-3-12)20(19(21)25)29-17-7-4-13(23)8-16(17)24/h2-9,11,29H,10,26H2,1H3,(H,27,31). The number of nitrogens with one attached hydrogen (secondary N) is 2. The molecule has 4 aromatic rings. The minimum atomic E-state index is -0.630. The number of hydrogen-bond acceptors (Lipinski definition) is 4. The first-order valence-corrected chi connectivity index (χ1v) is 10.5. The highest BCUT2D eigenvalue weighted by atomic mass is 79.9.